The zero-order chi connectivity index (χ0) is 23.2. The van der Waals surface area contributed by atoms with Gasteiger partial charge in [-0.2, -0.15) is 0 Å². The van der Waals surface area contributed by atoms with Crippen molar-refractivity contribution >= 4 is 5.57 Å². The fourth-order valence-electron chi connectivity index (χ4n) is 5.03. The van der Waals surface area contributed by atoms with Crippen molar-refractivity contribution < 1.29 is 14.6 Å². The van der Waals surface area contributed by atoms with E-state index in [9.17, 15) is 5.11 Å². The maximum atomic E-state index is 11.5. The molecule has 4 rings (SSSR count). The average molecular weight is 443 g/mol. The standard InChI is InChI=1S/C30H34O3/c1-24(27-16-10-5-11-17-27)28-18-30(21-29(28,2)31,22-32-19-25-12-6-3-7-13-25)23-33-20-26-14-8-4-9-15-26/h3-17,31H,18-23H2,1-2H3/b28-24-/t29-/m0/s1. The molecule has 0 spiro atoms. The van der Waals surface area contributed by atoms with Crippen LogP contribution in [0.2, 0.25) is 0 Å². The zero-order valence-electron chi connectivity index (χ0n) is 19.7. The van der Waals surface area contributed by atoms with Gasteiger partial charge in [-0.05, 0) is 54.5 Å². The molecule has 1 aliphatic rings. The average Bonchev–Trinajstić information content (AvgIpc) is 3.11. The normalized spacial score (nSPS) is 21.2. The third kappa shape index (κ3) is 6.00. The summed E-state index contributed by atoms with van der Waals surface area (Å²) in [5, 5.41) is 11.5. The van der Waals surface area contributed by atoms with Gasteiger partial charge in [0.15, 0.2) is 0 Å². The predicted molar refractivity (Wildman–Crippen MR) is 134 cm³/mol. The molecule has 0 heterocycles. The highest BCUT2D eigenvalue weighted by molar-refractivity contribution is 5.69. The summed E-state index contributed by atoms with van der Waals surface area (Å²) < 4.78 is 12.4. The highest BCUT2D eigenvalue weighted by Crippen LogP contribution is 2.50. The van der Waals surface area contributed by atoms with Gasteiger partial charge in [0.25, 0.3) is 0 Å². The van der Waals surface area contributed by atoms with E-state index in [1.807, 2.05) is 61.5 Å². The van der Waals surface area contributed by atoms with E-state index < -0.39 is 5.60 Å². The Kier molecular flexibility index (Phi) is 7.44. The Morgan fingerprint density at radius 3 is 1.70 bits per heavy atom. The molecule has 172 valence electrons. The molecule has 1 N–H and O–H groups in total. The number of hydrogen-bond donors (Lipinski definition) is 1. The van der Waals surface area contributed by atoms with E-state index >= 15 is 0 Å². The lowest BCUT2D eigenvalue weighted by Gasteiger charge is -2.29. The van der Waals surface area contributed by atoms with E-state index in [-0.39, 0.29) is 5.41 Å². The molecule has 0 aromatic heterocycles. The first kappa shape index (κ1) is 23.4. The molecule has 33 heavy (non-hydrogen) atoms. The predicted octanol–water partition coefficient (Wildman–Crippen LogP) is 6.42. The number of rotatable bonds is 9. The van der Waals surface area contributed by atoms with Crippen molar-refractivity contribution in [1.29, 1.82) is 0 Å². The molecule has 1 aliphatic carbocycles. The van der Waals surface area contributed by atoms with Crippen LogP contribution in [0.15, 0.2) is 96.6 Å². The molecule has 3 aromatic rings. The van der Waals surface area contributed by atoms with Crippen molar-refractivity contribution in [1.82, 2.24) is 0 Å². The van der Waals surface area contributed by atoms with Gasteiger partial charge in [-0.3, -0.25) is 0 Å². The molecule has 3 aromatic carbocycles. The molecular formula is C30H34O3. The van der Waals surface area contributed by atoms with Crippen LogP contribution in [0.3, 0.4) is 0 Å². The monoisotopic (exact) mass is 442 g/mol. The molecule has 0 aliphatic heterocycles. The lowest BCUT2D eigenvalue weighted by Crippen LogP contribution is -2.33. The minimum Gasteiger partial charge on any atom is -0.386 e. The quantitative estimate of drug-likeness (QED) is 0.415. The van der Waals surface area contributed by atoms with Crippen LogP contribution in [0.25, 0.3) is 5.57 Å². The minimum atomic E-state index is -0.897. The van der Waals surface area contributed by atoms with Crippen molar-refractivity contribution in [3.63, 3.8) is 0 Å². The van der Waals surface area contributed by atoms with Gasteiger partial charge < -0.3 is 14.6 Å². The van der Waals surface area contributed by atoms with Crippen LogP contribution >= 0.6 is 0 Å². The molecule has 3 heteroatoms. The summed E-state index contributed by atoms with van der Waals surface area (Å²) in [7, 11) is 0. The Morgan fingerprint density at radius 1 is 0.758 bits per heavy atom. The lowest BCUT2D eigenvalue weighted by molar-refractivity contribution is -0.0447. The number of ether oxygens (including phenoxy) is 2. The van der Waals surface area contributed by atoms with Crippen LogP contribution in [0.5, 0.6) is 0 Å². The van der Waals surface area contributed by atoms with Gasteiger partial charge in [0.05, 0.1) is 32.0 Å². The van der Waals surface area contributed by atoms with Crippen molar-refractivity contribution in [2.45, 2.75) is 45.5 Å². The van der Waals surface area contributed by atoms with Crippen molar-refractivity contribution in [3.8, 4) is 0 Å². The summed E-state index contributed by atoms with van der Waals surface area (Å²) in [5.41, 5.74) is 4.51. The zero-order valence-corrected chi connectivity index (χ0v) is 19.7. The highest BCUT2D eigenvalue weighted by Gasteiger charge is 2.49. The summed E-state index contributed by atoms with van der Waals surface area (Å²) >= 11 is 0. The van der Waals surface area contributed by atoms with Gasteiger partial charge >= 0.3 is 0 Å². The summed E-state index contributed by atoms with van der Waals surface area (Å²) in [4.78, 5) is 0. The molecular weight excluding hydrogens is 408 g/mol. The molecule has 1 fully saturated rings. The number of benzene rings is 3. The Hall–Kier alpha value is -2.72. The molecule has 3 nitrogen and oxygen atoms in total. The Bertz CT molecular complexity index is 994. The van der Waals surface area contributed by atoms with Gasteiger partial charge in [-0.1, -0.05) is 91.0 Å². The highest BCUT2D eigenvalue weighted by atomic mass is 16.5. The van der Waals surface area contributed by atoms with Crippen LogP contribution in [0.1, 0.15) is 43.4 Å². The summed E-state index contributed by atoms with van der Waals surface area (Å²) in [6.45, 7) is 6.24. The van der Waals surface area contributed by atoms with Gasteiger partial charge in [-0.25, -0.2) is 0 Å². The van der Waals surface area contributed by atoms with Crippen LogP contribution in [-0.2, 0) is 22.7 Å². The first-order chi connectivity index (χ1) is 16.0. The second-order valence-corrected chi connectivity index (χ2v) is 9.55. The fraction of sp³-hybridized carbons (Fsp3) is 0.333. The van der Waals surface area contributed by atoms with Crippen LogP contribution in [0, 0.1) is 5.41 Å². The van der Waals surface area contributed by atoms with Crippen molar-refractivity contribution in [2.75, 3.05) is 13.2 Å². The Morgan fingerprint density at radius 2 is 1.21 bits per heavy atom. The second kappa shape index (κ2) is 10.5. The molecule has 0 unspecified atom stereocenters. The largest absolute Gasteiger partial charge is 0.386 e. The van der Waals surface area contributed by atoms with E-state index in [4.69, 9.17) is 9.47 Å². The van der Waals surface area contributed by atoms with E-state index in [1.165, 1.54) is 0 Å². The Balaban J connectivity index is 1.53. The van der Waals surface area contributed by atoms with Gasteiger partial charge in [0, 0.05) is 5.41 Å². The molecule has 0 amide bonds. The topological polar surface area (TPSA) is 38.7 Å². The summed E-state index contributed by atoms with van der Waals surface area (Å²) in [6.07, 6.45) is 1.37. The van der Waals surface area contributed by atoms with E-state index in [0.717, 1.165) is 34.3 Å². The number of hydrogen-bond acceptors (Lipinski definition) is 3. The SMILES string of the molecule is C/C(=C1\CC(COCc2ccccc2)(COCc2ccccc2)C[C@]1(C)O)c1ccccc1. The minimum absolute atomic E-state index is 0.279. The van der Waals surface area contributed by atoms with E-state index in [1.54, 1.807) is 0 Å². The van der Waals surface area contributed by atoms with Crippen molar-refractivity contribution in [2.24, 2.45) is 5.41 Å². The third-order valence-electron chi connectivity index (χ3n) is 6.62. The Labute approximate surface area is 197 Å². The maximum Gasteiger partial charge on any atom is 0.0841 e. The summed E-state index contributed by atoms with van der Waals surface area (Å²) in [6, 6.07) is 30.8. The number of allylic oxidation sites excluding steroid dienone is 1. The van der Waals surface area contributed by atoms with Gasteiger partial charge in [0.2, 0.25) is 0 Å². The van der Waals surface area contributed by atoms with Crippen LogP contribution in [-0.4, -0.2) is 23.9 Å². The smallest absolute Gasteiger partial charge is 0.0841 e. The van der Waals surface area contributed by atoms with Gasteiger partial charge in [0.1, 0.15) is 0 Å². The third-order valence-corrected chi connectivity index (χ3v) is 6.62. The second-order valence-electron chi connectivity index (χ2n) is 9.55. The molecule has 1 saturated carbocycles. The molecule has 1 atom stereocenters. The molecule has 0 radical (unpaired) electrons. The molecule has 0 saturated heterocycles. The van der Waals surface area contributed by atoms with E-state index in [2.05, 4.69) is 43.3 Å². The van der Waals surface area contributed by atoms with Gasteiger partial charge in [-0.15, -0.1) is 0 Å². The maximum absolute atomic E-state index is 11.5. The summed E-state index contributed by atoms with van der Waals surface area (Å²) in [5.74, 6) is 0. The van der Waals surface area contributed by atoms with E-state index in [0.29, 0.717) is 32.8 Å². The number of aliphatic hydroxyl groups is 1. The first-order valence-corrected chi connectivity index (χ1v) is 11.7. The molecule has 0 bridgehead atoms. The van der Waals surface area contributed by atoms with Crippen LogP contribution in [0.4, 0.5) is 0 Å². The van der Waals surface area contributed by atoms with Crippen LogP contribution < -0.4 is 0 Å². The fourth-order valence-corrected chi connectivity index (χ4v) is 5.03. The van der Waals surface area contributed by atoms with Crippen molar-refractivity contribution in [3.05, 3.63) is 113 Å². The lowest BCUT2D eigenvalue weighted by atomic mass is 9.86. The first-order valence-electron chi connectivity index (χ1n) is 11.7.